The molecular weight excluding hydrogens is 304 g/mol. The number of phenols is 1. The molecule has 1 atom stereocenters. The van der Waals surface area contributed by atoms with Crippen molar-refractivity contribution >= 4 is 46.2 Å². The van der Waals surface area contributed by atoms with Crippen LogP contribution < -0.4 is 0 Å². The predicted molar refractivity (Wildman–Crippen MR) is 82.3 cm³/mol. The van der Waals surface area contributed by atoms with E-state index >= 15 is 0 Å². The molecule has 0 fully saturated rings. The van der Waals surface area contributed by atoms with Gasteiger partial charge in [-0.15, -0.1) is 5.11 Å². The van der Waals surface area contributed by atoms with Crippen molar-refractivity contribution in [2.24, 2.45) is 14.6 Å². The lowest BCUT2D eigenvalue weighted by atomic mass is 10.3. The maximum Gasteiger partial charge on any atom is 0.212 e. The topological polar surface area (TPSA) is 60.5 Å². The third kappa shape index (κ3) is 3.34. The van der Waals surface area contributed by atoms with Crippen LogP contribution in [0.4, 0.5) is 5.69 Å². The second-order valence-corrected chi connectivity index (χ2v) is 5.64. The molecule has 1 heterocycles. The van der Waals surface area contributed by atoms with Gasteiger partial charge in [-0.05, 0) is 31.4 Å². The maximum atomic E-state index is 9.33. The molecule has 1 aromatic carbocycles. The Labute approximate surface area is 125 Å². The van der Waals surface area contributed by atoms with E-state index in [0.717, 1.165) is 11.7 Å². The van der Waals surface area contributed by atoms with Crippen molar-refractivity contribution in [2.45, 2.75) is 12.4 Å². The Morgan fingerprint density at radius 1 is 1.58 bits per heavy atom. The van der Waals surface area contributed by atoms with E-state index in [1.165, 1.54) is 18.0 Å². The fourth-order valence-electron chi connectivity index (χ4n) is 1.50. The maximum absolute atomic E-state index is 9.33. The number of halogens is 1. The van der Waals surface area contributed by atoms with E-state index in [1.807, 2.05) is 6.26 Å². The van der Waals surface area contributed by atoms with E-state index in [-0.39, 0.29) is 16.3 Å². The number of hydrogen-bond donors (Lipinski definition) is 1. The van der Waals surface area contributed by atoms with Gasteiger partial charge in [-0.25, -0.2) is 0 Å². The van der Waals surface area contributed by atoms with E-state index < -0.39 is 0 Å². The van der Waals surface area contributed by atoms with Crippen LogP contribution in [0.15, 0.2) is 32.8 Å². The van der Waals surface area contributed by atoms with Gasteiger partial charge in [-0.1, -0.05) is 23.4 Å². The number of aromatic hydroxyl groups is 1. The number of phenolic OH excluding ortho intramolecular Hbond substituents is 1. The van der Waals surface area contributed by atoms with Gasteiger partial charge in [-0.2, -0.15) is 9.51 Å². The number of hydrogen-bond acceptors (Lipinski definition) is 7. The lowest BCUT2D eigenvalue weighted by molar-refractivity contribution is 0.432. The zero-order chi connectivity index (χ0) is 13.8. The highest BCUT2D eigenvalue weighted by molar-refractivity contribution is 8.14. The standard InChI is InChI=1S/C11H13ClN4OS2/c1-3-16-10(19-15-11(16)18-2)14-13-7-4-5-9(17)8(12)6-7/h4-6,10,17H,3H2,1-2H3/b14-13+. The zero-order valence-electron chi connectivity index (χ0n) is 10.4. The van der Waals surface area contributed by atoms with E-state index in [0.29, 0.717) is 5.69 Å². The van der Waals surface area contributed by atoms with Gasteiger partial charge in [0.1, 0.15) is 5.75 Å². The fourth-order valence-corrected chi connectivity index (χ4v) is 3.37. The quantitative estimate of drug-likeness (QED) is 0.673. The molecule has 0 bridgehead atoms. The molecular formula is C11H13ClN4OS2. The van der Waals surface area contributed by atoms with Crippen molar-refractivity contribution in [3.05, 3.63) is 23.2 Å². The lowest BCUT2D eigenvalue weighted by Crippen LogP contribution is -2.30. The molecule has 0 spiro atoms. The van der Waals surface area contributed by atoms with Gasteiger partial charge in [0.15, 0.2) is 5.17 Å². The minimum Gasteiger partial charge on any atom is -0.506 e. The van der Waals surface area contributed by atoms with Crippen molar-refractivity contribution in [3.8, 4) is 5.75 Å². The summed E-state index contributed by atoms with van der Waals surface area (Å²) >= 11 is 8.80. The summed E-state index contributed by atoms with van der Waals surface area (Å²) in [5.41, 5.74) is 0.470. The molecule has 2 rings (SSSR count). The predicted octanol–water partition coefficient (Wildman–Crippen LogP) is 4.12. The molecule has 0 aromatic heterocycles. The van der Waals surface area contributed by atoms with Crippen LogP contribution in [0.5, 0.6) is 5.75 Å². The lowest BCUT2D eigenvalue weighted by Gasteiger charge is -2.19. The Balaban J connectivity index is 2.09. The number of benzene rings is 1. The molecule has 1 N–H and O–H groups in total. The SMILES string of the molecule is CCN1C(SC)=NSC1/N=N/c1ccc(O)c(Cl)c1. The largest absolute Gasteiger partial charge is 0.506 e. The summed E-state index contributed by atoms with van der Waals surface area (Å²) in [5, 5.41) is 19.0. The summed E-state index contributed by atoms with van der Waals surface area (Å²) in [6, 6.07) is 4.74. The number of amidine groups is 1. The van der Waals surface area contributed by atoms with Crippen LogP contribution in [0.1, 0.15) is 6.92 Å². The first-order valence-electron chi connectivity index (χ1n) is 5.59. The first kappa shape index (κ1) is 14.5. The van der Waals surface area contributed by atoms with E-state index in [2.05, 4.69) is 26.4 Å². The average Bonchev–Trinajstić information content (AvgIpc) is 2.82. The monoisotopic (exact) mass is 316 g/mol. The molecule has 0 radical (unpaired) electrons. The van der Waals surface area contributed by atoms with Gasteiger partial charge in [0.25, 0.3) is 0 Å². The normalized spacial score (nSPS) is 19.2. The van der Waals surface area contributed by atoms with Crippen molar-refractivity contribution < 1.29 is 5.11 Å². The number of rotatable bonds is 3. The fraction of sp³-hybridized carbons (Fsp3) is 0.364. The second-order valence-electron chi connectivity index (χ2n) is 3.65. The van der Waals surface area contributed by atoms with Crippen LogP contribution in [-0.4, -0.2) is 33.5 Å². The molecule has 1 unspecified atom stereocenters. The first-order valence-corrected chi connectivity index (χ1v) is 8.03. The Morgan fingerprint density at radius 2 is 2.37 bits per heavy atom. The van der Waals surface area contributed by atoms with Gasteiger partial charge in [0.2, 0.25) is 5.50 Å². The molecule has 0 saturated heterocycles. The Bertz CT molecular complexity index is 523. The summed E-state index contributed by atoms with van der Waals surface area (Å²) in [6.45, 7) is 2.88. The summed E-state index contributed by atoms with van der Waals surface area (Å²) in [5.74, 6) is 0.0408. The van der Waals surface area contributed by atoms with Crippen LogP contribution >= 0.6 is 35.3 Å². The third-order valence-electron chi connectivity index (χ3n) is 2.46. The number of nitrogens with zero attached hydrogens (tertiary/aromatic N) is 4. The Hall–Kier alpha value is -0.920. The highest BCUT2D eigenvalue weighted by Gasteiger charge is 2.26. The smallest absolute Gasteiger partial charge is 0.212 e. The summed E-state index contributed by atoms with van der Waals surface area (Å²) in [6.07, 6.45) is 1.99. The highest BCUT2D eigenvalue weighted by Crippen LogP contribution is 2.32. The van der Waals surface area contributed by atoms with Gasteiger partial charge in [0.05, 0.1) is 10.7 Å². The average molecular weight is 317 g/mol. The van der Waals surface area contributed by atoms with Crippen LogP contribution in [0.3, 0.4) is 0 Å². The van der Waals surface area contributed by atoms with Gasteiger partial charge < -0.3 is 10.0 Å². The Kier molecular flexibility index (Phi) is 4.95. The third-order valence-corrected chi connectivity index (χ3v) is 4.39. The van der Waals surface area contributed by atoms with Crippen molar-refractivity contribution in [3.63, 3.8) is 0 Å². The minimum atomic E-state index is -0.139. The second kappa shape index (κ2) is 6.49. The summed E-state index contributed by atoms with van der Waals surface area (Å²) in [4.78, 5) is 2.07. The highest BCUT2D eigenvalue weighted by atomic mass is 35.5. The van der Waals surface area contributed by atoms with Crippen LogP contribution in [0.2, 0.25) is 5.02 Å². The van der Waals surface area contributed by atoms with E-state index in [4.69, 9.17) is 11.6 Å². The molecule has 0 aliphatic carbocycles. The number of azo groups is 1. The van der Waals surface area contributed by atoms with Crippen LogP contribution in [-0.2, 0) is 0 Å². The summed E-state index contributed by atoms with van der Waals surface area (Å²) < 4.78 is 4.33. The molecule has 5 nitrogen and oxygen atoms in total. The van der Waals surface area contributed by atoms with Crippen molar-refractivity contribution in [1.82, 2.24) is 4.90 Å². The molecule has 102 valence electrons. The molecule has 1 aliphatic heterocycles. The molecule has 19 heavy (non-hydrogen) atoms. The molecule has 0 amide bonds. The van der Waals surface area contributed by atoms with E-state index in [9.17, 15) is 5.11 Å². The van der Waals surface area contributed by atoms with Crippen LogP contribution in [0, 0.1) is 0 Å². The number of thioether (sulfide) groups is 1. The molecule has 8 heteroatoms. The zero-order valence-corrected chi connectivity index (χ0v) is 12.8. The van der Waals surface area contributed by atoms with Gasteiger partial charge >= 0.3 is 0 Å². The van der Waals surface area contributed by atoms with E-state index in [1.54, 1.807) is 23.9 Å². The van der Waals surface area contributed by atoms with Crippen molar-refractivity contribution in [2.75, 3.05) is 12.8 Å². The molecule has 1 aliphatic rings. The van der Waals surface area contributed by atoms with Crippen molar-refractivity contribution in [1.29, 1.82) is 0 Å². The first-order chi connectivity index (χ1) is 9.15. The van der Waals surface area contributed by atoms with Crippen LogP contribution in [0.25, 0.3) is 0 Å². The Morgan fingerprint density at radius 3 is 3.00 bits per heavy atom. The molecule has 1 aromatic rings. The van der Waals surface area contributed by atoms with Gasteiger partial charge in [-0.3, -0.25) is 0 Å². The minimum absolute atomic E-state index is 0.0408. The summed E-state index contributed by atoms with van der Waals surface area (Å²) in [7, 11) is 0. The van der Waals surface area contributed by atoms with Gasteiger partial charge in [0, 0.05) is 18.5 Å². The molecule has 0 saturated carbocycles.